The summed E-state index contributed by atoms with van der Waals surface area (Å²) in [5.74, 6) is 0.910. The molecule has 0 aliphatic heterocycles. The first kappa shape index (κ1) is 13.6. The Balaban J connectivity index is 1.93. The molecule has 0 aliphatic carbocycles. The summed E-state index contributed by atoms with van der Waals surface area (Å²) in [5, 5.41) is 9.59. The van der Waals surface area contributed by atoms with Crippen molar-refractivity contribution < 1.29 is 4.74 Å². The minimum atomic E-state index is 0.339. The molecule has 0 atom stereocenters. The molecule has 102 valence electrons. The van der Waals surface area contributed by atoms with E-state index in [0.717, 1.165) is 0 Å². The van der Waals surface area contributed by atoms with Gasteiger partial charge in [0.1, 0.15) is 5.75 Å². The standard InChI is InChI=1S/C15H7Cl2N3O/c16-11-5-13-14(6-12(11)17)20-15(8-19-13)21-10-3-1-9(7-18)2-4-10/h1-6,8H. The van der Waals surface area contributed by atoms with Gasteiger partial charge in [-0.25, -0.2) is 9.97 Å². The molecular weight excluding hydrogens is 309 g/mol. The second-order valence-electron chi connectivity index (χ2n) is 4.20. The van der Waals surface area contributed by atoms with Gasteiger partial charge in [-0.1, -0.05) is 23.2 Å². The van der Waals surface area contributed by atoms with E-state index < -0.39 is 0 Å². The number of hydrogen-bond donors (Lipinski definition) is 0. The number of benzene rings is 2. The highest BCUT2D eigenvalue weighted by atomic mass is 35.5. The molecular formula is C15H7Cl2N3O. The molecule has 0 amide bonds. The van der Waals surface area contributed by atoms with Crippen molar-refractivity contribution in [1.82, 2.24) is 9.97 Å². The second kappa shape index (κ2) is 5.57. The Kier molecular flexibility index (Phi) is 3.61. The van der Waals surface area contributed by atoms with E-state index in [-0.39, 0.29) is 0 Å². The van der Waals surface area contributed by atoms with Crippen molar-refractivity contribution in [2.45, 2.75) is 0 Å². The van der Waals surface area contributed by atoms with E-state index in [0.29, 0.717) is 38.3 Å². The van der Waals surface area contributed by atoms with Gasteiger partial charge in [-0.3, -0.25) is 0 Å². The highest BCUT2D eigenvalue weighted by molar-refractivity contribution is 6.42. The number of nitriles is 1. The molecule has 1 aromatic heterocycles. The molecule has 2 aromatic carbocycles. The van der Waals surface area contributed by atoms with Crippen LogP contribution in [0.4, 0.5) is 0 Å². The summed E-state index contributed by atoms with van der Waals surface area (Å²) in [4.78, 5) is 8.55. The minimum Gasteiger partial charge on any atom is -0.437 e. The van der Waals surface area contributed by atoms with Gasteiger partial charge in [0.2, 0.25) is 5.88 Å². The summed E-state index contributed by atoms with van der Waals surface area (Å²) in [6, 6.07) is 12.1. The summed E-state index contributed by atoms with van der Waals surface area (Å²) in [5.41, 5.74) is 1.79. The van der Waals surface area contributed by atoms with Crippen molar-refractivity contribution in [3.8, 4) is 17.7 Å². The fraction of sp³-hybridized carbons (Fsp3) is 0. The third-order valence-corrected chi connectivity index (χ3v) is 3.49. The lowest BCUT2D eigenvalue weighted by molar-refractivity contribution is 0.462. The Labute approximate surface area is 130 Å². The van der Waals surface area contributed by atoms with Gasteiger partial charge in [0, 0.05) is 0 Å². The molecule has 3 rings (SSSR count). The number of fused-ring (bicyclic) bond motifs is 1. The Hall–Kier alpha value is -2.35. The maximum Gasteiger partial charge on any atom is 0.238 e. The number of nitrogens with zero attached hydrogens (tertiary/aromatic N) is 3. The molecule has 0 aliphatic rings. The van der Waals surface area contributed by atoms with E-state index in [1.807, 2.05) is 6.07 Å². The van der Waals surface area contributed by atoms with Gasteiger partial charge in [-0.05, 0) is 36.4 Å². The number of rotatable bonds is 2. The van der Waals surface area contributed by atoms with Crippen molar-refractivity contribution in [3.63, 3.8) is 0 Å². The van der Waals surface area contributed by atoms with Gasteiger partial charge in [0.05, 0.1) is 38.9 Å². The largest absolute Gasteiger partial charge is 0.437 e. The third-order valence-electron chi connectivity index (χ3n) is 2.77. The van der Waals surface area contributed by atoms with Gasteiger partial charge in [-0.15, -0.1) is 0 Å². The minimum absolute atomic E-state index is 0.339. The third kappa shape index (κ3) is 2.89. The Morgan fingerprint density at radius 1 is 1.00 bits per heavy atom. The normalized spacial score (nSPS) is 10.3. The van der Waals surface area contributed by atoms with E-state index >= 15 is 0 Å². The summed E-state index contributed by atoms with van der Waals surface area (Å²) in [6.45, 7) is 0. The molecule has 3 aromatic rings. The van der Waals surface area contributed by atoms with Crippen molar-refractivity contribution in [2.75, 3.05) is 0 Å². The van der Waals surface area contributed by atoms with Crippen molar-refractivity contribution in [1.29, 1.82) is 5.26 Å². The lowest BCUT2D eigenvalue weighted by Crippen LogP contribution is -1.91. The molecule has 0 spiro atoms. The van der Waals surface area contributed by atoms with Crippen LogP contribution in [0.15, 0.2) is 42.6 Å². The number of aromatic nitrogens is 2. The van der Waals surface area contributed by atoms with Gasteiger partial charge in [0.25, 0.3) is 0 Å². The average Bonchev–Trinajstić information content (AvgIpc) is 2.49. The van der Waals surface area contributed by atoms with Gasteiger partial charge in [0.15, 0.2) is 0 Å². The molecule has 0 fully saturated rings. The first-order valence-electron chi connectivity index (χ1n) is 5.95. The monoisotopic (exact) mass is 315 g/mol. The van der Waals surface area contributed by atoms with Crippen molar-refractivity contribution >= 4 is 34.2 Å². The predicted molar refractivity (Wildman–Crippen MR) is 80.8 cm³/mol. The van der Waals surface area contributed by atoms with Crippen LogP contribution in [0.3, 0.4) is 0 Å². The van der Waals surface area contributed by atoms with Crippen LogP contribution >= 0.6 is 23.2 Å². The highest BCUT2D eigenvalue weighted by Crippen LogP contribution is 2.27. The molecule has 0 bridgehead atoms. The Morgan fingerprint density at radius 2 is 1.67 bits per heavy atom. The number of halogens is 2. The van der Waals surface area contributed by atoms with Crippen LogP contribution in [-0.4, -0.2) is 9.97 Å². The molecule has 0 unspecified atom stereocenters. The molecule has 1 heterocycles. The highest BCUT2D eigenvalue weighted by Gasteiger charge is 2.06. The summed E-state index contributed by atoms with van der Waals surface area (Å²) in [7, 11) is 0. The van der Waals surface area contributed by atoms with Crippen LogP contribution in [0.1, 0.15) is 5.56 Å². The second-order valence-corrected chi connectivity index (χ2v) is 5.02. The lowest BCUT2D eigenvalue weighted by atomic mass is 10.2. The van der Waals surface area contributed by atoms with Gasteiger partial charge >= 0.3 is 0 Å². The summed E-state index contributed by atoms with van der Waals surface area (Å²) < 4.78 is 5.60. The van der Waals surface area contributed by atoms with Crippen LogP contribution in [-0.2, 0) is 0 Å². The molecule has 0 saturated carbocycles. The molecule has 21 heavy (non-hydrogen) atoms. The van der Waals surface area contributed by atoms with E-state index in [4.69, 9.17) is 33.2 Å². The van der Waals surface area contributed by atoms with Gasteiger partial charge < -0.3 is 4.74 Å². The maximum absolute atomic E-state index is 8.75. The SMILES string of the molecule is N#Cc1ccc(Oc2cnc3cc(Cl)c(Cl)cc3n2)cc1. The molecule has 6 heteroatoms. The van der Waals surface area contributed by atoms with Crippen molar-refractivity contribution in [2.24, 2.45) is 0 Å². The van der Waals surface area contributed by atoms with Crippen LogP contribution in [0, 0.1) is 11.3 Å². The van der Waals surface area contributed by atoms with Gasteiger partial charge in [-0.2, -0.15) is 5.26 Å². The first-order chi connectivity index (χ1) is 10.2. The van der Waals surface area contributed by atoms with Crippen LogP contribution < -0.4 is 4.74 Å². The number of hydrogen-bond acceptors (Lipinski definition) is 4. The first-order valence-corrected chi connectivity index (χ1v) is 6.71. The molecule has 0 saturated heterocycles. The summed E-state index contributed by atoms with van der Waals surface area (Å²) in [6.07, 6.45) is 1.50. The quantitative estimate of drug-likeness (QED) is 0.693. The average molecular weight is 316 g/mol. The molecule has 0 radical (unpaired) electrons. The van der Waals surface area contributed by atoms with Crippen LogP contribution in [0.5, 0.6) is 11.6 Å². The zero-order valence-corrected chi connectivity index (χ0v) is 12.1. The van der Waals surface area contributed by atoms with Crippen molar-refractivity contribution in [3.05, 3.63) is 58.2 Å². The van der Waals surface area contributed by atoms with E-state index in [1.54, 1.807) is 36.4 Å². The zero-order chi connectivity index (χ0) is 14.8. The van der Waals surface area contributed by atoms with Crippen LogP contribution in [0.2, 0.25) is 10.0 Å². The smallest absolute Gasteiger partial charge is 0.238 e. The van der Waals surface area contributed by atoms with E-state index in [9.17, 15) is 0 Å². The lowest BCUT2D eigenvalue weighted by Gasteiger charge is -2.06. The maximum atomic E-state index is 8.75. The Morgan fingerprint density at radius 3 is 2.33 bits per heavy atom. The number of ether oxygens (including phenoxy) is 1. The zero-order valence-electron chi connectivity index (χ0n) is 10.5. The topological polar surface area (TPSA) is 58.8 Å². The fourth-order valence-electron chi connectivity index (χ4n) is 1.76. The van der Waals surface area contributed by atoms with E-state index in [1.165, 1.54) is 6.20 Å². The van der Waals surface area contributed by atoms with E-state index in [2.05, 4.69) is 9.97 Å². The molecule has 0 N–H and O–H groups in total. The summed E-state index contributed by atoms with van der Waals surface area (Å²) >= 11 is 11.9. The van der Waals surface area contributed by atoms with Crippen LogP contribution in [0.25, 0.3) is 11.0 Å². The Bertz CT molecular complexity index is 857. The predicted octanol–water partition coefficient (Wildman–Crippen LogP) is 4.60. The fourth-order valence-corrected chi connectivity index (χ4v) is 2.07. The molecule has 4 nitrogen and oxygen atoms in total.